The van der Waals surface area contributed by atoms with Crippen molar-refractivity contribution in [2.75, 3.05) is 39.3 Å². The summed E-state index contributed by atoms with van der Waals surface area (Å²) in [5.41, 5.74) is 9.58. The van der Waals surface area contributed by atoms with E-state index in [1.54, 1.807) is 11.1 Å². The van der Waals surface area contributed by atoms with Gasteiger partial charge in [-0.2, -0.15) is 0 Å². The number of aromatic amines is 1. The molecule has 0 saturated carbocycles. The predicted molar refractivity (Wildman–Crippen MR) is 183 cm³/mol. The van der Waals surface area contributed by atoms with Crippen LogP contribution >= 0.6 is 11.6 Å². The first kappa shape index (κ1) is 32.5. The SMILES string of the molecule is C[C@@H]1N=C(N2CCN(C(=O)[C@H](N)CCCCN3CCCCC3)[C@H](C(=O)CCc3ccc4[nH]cc(Cl)c4c3)C2)O[C@H]1c1ccccc1. The largest absolute Gasteiger partial charge is 0.455 e. The fourth-order valence-corrected chi connectivity index (χ4v) is 7.28. The Labute approximate surface area is 277 Å². The van der Waals surface area contributed by atoms with Crippen molar-refractivity contribution in [1.29, 1.82) is 0 Å². The monoisotopic (exact) mass is 646 g/mol. The summed E-state index contributed by atoms with van der Waals surface area (Å²) >= 11 is 6.35. The fraction of sp³-hybridized carbons (Fsp3) is 0.528. The predicted octanol–water partition coefficient (Wildman–Crippen LogP) is 5.34. The summed E-state index contributed by atoms with van der Waals surface area (Å²) in [5.74, 6) is -0.122. The van der Waals surface area contributed by atoms with Crippen LogP contribution in [0.15, 0.2) is 59.7 Å². The van der Waals surface area contributed by atoms with Crippen LogP contribution in [0.2, 0.25) is 5.02 Å². The van der Waals surface area contributed by atoms with Crippen LogP contribution in [0.25, 0.3) is 10.9 Å². The lowest BCUT2D eigenvalue weighted by atomic mass is 9.98. The first-order valence-electron chi connectivity index (χ1n) is 17.0. The number of nitrogens with one attached hydrogen (secondary N) is 1. The number of carbonyl (C=O) groups is 2. The third-order valence-electron chi connectivity index (χ3n) is 9.78. The van der Waals surface area contributed by atoms with Crippen LogP contribution in [0.1, 0.15) is 69.1 Å². The highest BCUT2D eigenvalue weighted by Gasteiger charge is 2.40. The zero-order valence-electron chi connectivity index (χ0n) is 26.9. The third kappa shape index (κ3) is 7.59. The number of ketones is 1. The number of carbonyl (C=O) groups excluding carboxylic acids is 2. The molecule has 3 aliphatic rings. The smallest absolute Gasteiger partial charge is 0.288 e. The van der Waals surface area contributed by atoms with E-state index < -0.39 is 12.1 Å². The molecule has 2 saturated heterocycles. The number of halogens is 1. The number of amidine groups is 1. The molecule has 1 aromatic heterocycles. The summed E-state index contributed by atoms with van der Waals surface area (Å²) in [4.78, 5) is 42.0. The lowest BCUT2D eigenvalue weighted by Gasteiger charge is -2.42. The van der Waals surface area contributed by atoms with Crippen LogP contribution < -0.4 is 5.73 Å². The minimum Gasteiger partial charge on any atom is -0.455 e. The quantitative estimate of drug-likeness (QED) is 0.273. The van der Waals surface area contributed by atoms with Crippen LogP contribution in [0, 0.1) is 0 Å². The lowest BCUT2D eigenvalue weighted by molar-refractivity contribution is -0.143. The van der Waals surface area contributed by atoms with E-state index in [2.05, 4.69) is 22.0 Å². The van der Waals surface area contributed by atoms with Crippen molar-refractivity contribution in [2.24, 2.45) is 10.7 Å². The number of aryl methyl sites for hydroxylation is 1. The van der Waals surface area contributed by atoms with Crippen molar-refractivity contribution >= 4 is 40.2 Å². The van der Waals surface area contributed by atoms with E-state index in [-0.39, 0.29) is 23.8 Å². The Morgan fingerprint density at radius 2 is 1.87 bits per heavy atom. The summed E-state index contributed by atoms with van der Waals surface area (Å²) in [6, 6.07) is 15.4. The highest BCUT2D eigenvalue weighted by molar-refractivity contribution is 6.35. The lowest BCUT2D eigenvalue weighted by Crippen LogP contribution is -2.62. The minimum absolute atomic E-state index is 0.0156. The van der Waals surface area contributed by atoms with Crippen LogP contribution in [-0.2, 0) is 20.7 Å². The zero-order valence-corrected chi connectivity index (χ0v) is 27.6. The fourth-order valence-electron chi connectivity index (χ4n) is 7.07. The molecule has 1 amide bonds. The van der Waals surface area contributed by atoms with Crippen LogP contribution in [0.3, 0.4) is 0 Å². The molecule has 246 valence electrons. The van der Waals surface area contributed by atoms with Gasteiger partial charge >= 0.3 is 0 Å². The van der Waals surface area contributed by atoms with E-state index in [1.807, 2.05) is 48.2 Å². The molecule has 9 nitrogen and oxygen atoms in total. The van der Waals surface area contributed by atoms with Crippen molar-refractivity contribution < 1.29 is 14.3 Å². The molecule has 0 bridgehead atoms. The third-order valence-corrected chi connectivity index (χ3v) is 10.1. The second-order valence-electron chi connectivity index (χ2n) is 13.1. The molecule has 46 heavy (non-hydrogen) atoms. The number of ether oxygens (including phenoxy) is 1. The maximum absolute atomic E-state index is 14.0. The van der Waals surface area contributed by atoms with E-state index in [9.17, 15) is 9.59 Å². The number of piperazine rings is 1. The number of hydrogen-bond donors (Lipinski definition) is 2. The summed E-state index contributed by atoms with van der Waals surface area (Å²) in [6.45, 7) is 6.72. The maximum Gasteiger partial charge on any atom is 0.288 e. The number of likely N-dealkylation sites (tertiary alicyclic amines) is 1. The van der Waals surface area contributed by atoms with Gasteiger partial charge in [-0.3, -0.25) is 9.59 Å². The number of aromatic nitrogens is 1. The number of benzene rings is 2. The number of amides is 1. The average Bonchev–Trinajstić information content (AvgIpc) is 3.67. The van der Waals surface area contributed by atoms with E-state index >= 15 is 0 Å². The zero-order chi connectivity index (χ0) is 32.0. The second kappa shape index (κ2) is 15.0. The molecule has 3 N–H and O–H groups in total. The van der Waals surface area contributed by atoms with Gasteiger partial charge in [0.15, 0.2) is 5.78 Å². The van der Waals surface area contributed by atoms with Crippen molar-refractivity contribution in [3.05, 3.63) is 70.9 Å². The number of hydrogen-bond acceptors (Lipinski definition) is 7. The molecule has 6 rings (SSSR count). The Hall–Kier alpha value is -3.40. The van der Waals surface area contributed by atoms with Gasteiger partial charge in [-0.1, -0.05) is 60.8 Å². The molecular formula is C36H47ClN6O3. The Bertz CT molecular complexity index is 1520. The standard InChI is InChI=1S/C36H47ClN6O3/c1-25-34(27-10-4-2-5-11-27)46-36(40-25)42-20-21-43(35(45)30(38)12-6-9-19-41-17-7-3-8-18-41)32(24-42)33(44)16-14-26-13-15-31-28(22-26)29(37)23-39-31/h2,4-5,10-11,13,15,22-23,25,30,32,34,39H,3,6-9,12,14,16-21,24,38H2,1H3/t25-,30+,32-,34+/m0/s1. The normalized spacial score (nSPS) is 22.9. The molecule has 3 aliphatic heterocycles. The van der Waals surface area contributed by atoms with Crippen LogP contribution in [0.4, 0.5) is 0 Å². The number of nitrogens with two attached hydrogens (primary N) is 1. The van der Waals surface area contributed by atoms with Gasteiger partial charge in [0.1, 0.15) is 12.1 Å². The van der Waals surface area contributed by atoms with Crippen molar-refractivity contribution in [3.8, 4) is 0 Å². The molecule has 10 heteroatoms. The molecule has 2 fully saturated rings. The highest BCUT2D eigenvalue weighted by Crippen LogP contribution is 2.31. The number of unbranched alkanes of at least 4 members (excludes halogenated alkanes) is 1. The van der Waals surface area contributed by atoms with Crippen molar-refractivity contribution in [2.45, 2.75) is 82.5 Å². The van der Waals surface area contributed by atoms with E-state index in [4.69, 9.17) is 27.1 Å². The number of fused-ring (bicyclic) bond motifs is 1. The minimum atomic E-state index is -0.627. The number of nitrogens with zero attached hydrogens (tertiary/aromatic N) is 4. The molecule has 4 heterocycles. The van der Waals surface area contributed by atoms with Gasteiger partial charge in [0.25, 0.3) is 6.02 Å². The van der Waals surface area contributed by atoms with E-state index in [0.29, 0.717) is 49.9 Å². The van der Waals surface area contributed by atoms with Crippen LogP contribution in [0.5, 0.6) is 0 Å². The Morgan fingerprint density at radius 3 is 2.67 bits per heavy atom. The van der Waals surface area contributed by atoms with Gasteiger partial charge in [-0.05, 0) is 81.9 Å². The van der Waals surface area contributed by atoms with Gasteiger partial charge in [0.05, 0.1) is 17.1 Å². The number of piperidine rings is 1. The van der Waals surface area contributed by atoms with E-state index in [1.165, 1.54) is 32.4 Å². The van der Waals surface area contributed by atoms with Gasteiger partial charge in [0.2, 0.25) is 5.91 Å². The first-order chi connectivity index (χ1) is 22.4. The van der Waals surface area contributed by atoms with Crippen molar-refractivity contribution in [1.82, 2.24) is 19.7 Å². The summed E-state index contributed by atoms with van der Waals surface area (Å²) < 4.78 is 6.38. The number of aliphatic imine (C=N–C) groups is 1. The molecule has 2 aromatic carbocycles. The number of rotatable bonds is 11. The number of H-pyrrole nitrogens is 1. The topological polar surface area (TPSA) is 107 Å². The molecule has 4 atom stereocenters. The Kier molecular flexibility index (Phi) is 10.6. The summed E-state index contributed by atoms with van der Waals surface area (Å²) in [6.07, 6.45) is 8.88. The number of Topliss-reactive ketones (excluding diaryl/α,β-unsaturated/α-hetero) is 1. The molecule has 3 aromatic rings. The Morgan fingerprint density at radius 1 is 1.07 bits per heavy atom. The van der Waals surface area contributed by atoms with Crippen LogP contribution in [-0.4, -0.2) is 94.8 Å². The molecular weight excluding hydrogens is 600 g/mol. The maximum atomic E-state index is 14.0. The molecule has 0 spiro atoms. The average molecular weight is 647 g/mol. The first-order valence-corrected chi connectivity index (χ1v) is 17.4. The van der Waals surface area contributed by atoms with Gasteiger partial charge in [-0.15, -0.1) is 0 Å². The summed E-state index contributed by atoms with van der Waals surface area (Å²) in [7, 11) is 0. The molecule has 0 unspecified atom stereocenters. The van der Waals surface area contributed by atoms with E-state index in [0.717, 1.165) is 41.4 Å². The highest BCUT2D eigenvalue weighted by atomic mass is 35.5. The molecule has 0 aliphatic carbocycles. The Balaban J connectivity index is 1.11. The van der Waals surface area contributed by atoms with Gasteiger partial charge < -0.3 is 30.2 Å². The second-order valence-corrected chi connectivity index (χ2v) is 13.5. The van der Waals surface area contributed by atoms with Gasteiger partial charge in [-0.25, -0.2) is 4.99 Å². The molecule has 0 radical (unpaired) electrons. The summed E-state index contributed by atoms with van der Waals surface area (Å²) in [5, 5.41) is 1.60. The van der Waals surface area contributed by atoms with Gasteiger partial charge in [0, 0.05) is 43.2 Å². The van der Waals surface area contributed by atoms with Crippen molar-refractivity contribution in [3.63, 3.8) is 0 Å².